The van der Waals surface area contributed by atoms with Crippen molar-refractivity contribution in [1.82, 2.24) is 4.98 Å². The number of aromatic nitrogens is 1. The lowest BCUT2D eigenvalue weighted by atomic mass is 9.88. The number of hydrogen-bond acceptors (Lipinski definition) is 2. The maximum absolute atomic E-state index is 11.9. The average molecular weight is 241 g/mol. The van der Waals surface area contributed by atoms with Crippen LogP contribution in [0.5, 0.6) is 0 Å². The largest absolute Gasteiger partial charge is 0.299 e. The van der Waals surface area contributed by atoms with Gasteiger partial charge in [-0.05, 0) is 16.9 Å². The first-order valence-corrected chi connectivity index (χ1v) is 6.29. The topological polar surface area (TPSA) is 30.0 Å². The monoisotopic (exact) mass is 241 g/mol. The number of pyridine rings is 1. The van der Waals surface area contributed by atoms with E-state index in [9.17, 15) is 4.79 Å². The van der Waals surface area contributed by atoms with Crippen molar-refractivity contribution in [3.05, 3.63) is 42.2 Å². The molecule has 2 aromatic rings. The molecule has 0 atom stereocenters. The maximum atomic E-state index is 11.9. The number of rotatable bonds is 3. The number of fused-ring (bicyclic) bond motifs is 1. The van der Waals surface area contributed by atoms with Gasteiger partial charge in [0, 0.05) is 30.1 Å². The summed E-state index contributed by atoms with van der Waals surface area (Å²) in [4.78, 5) is 16.3. The zero-order valence-electron chi connectivity index (χ0n) is 11.2. The van der Waals surface area contributed by atoms with Crippen LogP contribution in [0.4, 0.5) is 0 Å². The highest BCUT2D eigenvalue weighted by Gasteiger charge is 2.16. The number of Topliss-reactive ketones (excluding diaryl/α,β-unsaturated/α-hetero) is 1. The number of benzene rings is 1. The molecule has 0 amide bonds. The van der Waals surface area contributed by atoms with Crippen LogP contribution in [0.25, 0.3) is 10.8 Å². The van der Waals surface area contributed by atoms with Crippen LogP contribution in [0.15, 0.2) is 36.5 Å². The van der Waals surface area contributed by atoms with Crippen LogP contribution in [0, 0.1) is 5.41 Å². The third-order valence-corrected chi connectivity index (χ3v) is 2.79. The Bertz CT molecular complexity index is 567. The lowest BCUT2D eigenvalue weighted by Gasteiger charge is -2.16. The molecule has 0 N–H and O–H groups in total. The number of nitrogens with zero attached hydrogens (tertiary/aromatic N) is 1. The van der Waals surface area contributed by atoms with Gasteiger partial charge < -0.3 is 0 Å². The van der Waals surface area contributed by atoms with Crippen molar-refractivity contribution in [3.63, 3.8) is 0 Å². The quantitative estimate of drug-likeness (QED) is 0.818. The van der Waals surface area contributed by atoms with Gasteiger partial charge in [0.25, 0.3) is 0 Å². The summed E-state index contributed by atoms with van der Waals surface area (Å²) in [6.45, 7) is 6.25. The fourth-order valence-electron chi connectivity index (χ4n) is 2.08. The highest BCUT2D eigenvalue weighted by atomic mass is 16.1. The summed E-state index contributed by atoms with van der Waals surface area (Å²) in [5.41, 5.74) is 0.913. The highest BCUT2D eigenvalue weighted by Crippen LogP contribution is 2.20. The molecule has 0 bridgehead atoms. The summed E-state index contributed by atoms with van der Waals surface area (Å²) in [5.74, 6) is 0.255. The molecule has 0 aliphatic carbocycles. The van der Waals surface area contributed by atoms with Gasteiger partial charge in [-0.2, -0.15) is 0 Å². The molecular weight excluding hydrogens is 222 g/mol. The molecular formula is C16H19NO. The Morgan fingerprint density at radius 2 is 1.83 bits per heavy atom. The molecule has 0 aliphatic heterocycles. The van der Waals surface area contributed by atoms with Crippen molar-refractivity contribution in [2.24, 2.45) is 5.41 Å². The fraction of sp³-hybridized carbons (Fsp3) is 0.375. The van der Waals surface area contributed by atoms with Crippen molar-refractivity contribution in [2.75, 3.05) is 0 Å². The van der Waals surface area contributed by atoms with Crippen LogP contribution in [0.3, 0.4) is 0 Å². The van der Waals surface area contributed by atoms with E-state index in [1.165, 1.54) is 0 Å². The van der Waals surface area contributed by atoms with Gasteiger partial charge in [-0.1, -0.05) is 45.0 Å². The molecule has 2 rings (SSSR count). The highest BCUT2D eigenvalue weighted by molar-refractivity contribution is 5.85. The molecule has 2 nitrogen and oxygen atoms in total. The van der Waals surface area contributed by atoms with Gasteiger partial charge in [-0.15, -0.1) is 0 Å². The van der Waals surface area contributed by atoms with Crippen molar-refractivity contribution in [2.45, 2.75) is 33.6 Å². The molecule has 0 saturated carbocycles. The molecule has 1 aromatic heterocycles. The molecule has 0 aliphatic rings. The third-order valence-electron chi connectivity index (χ3n) is 2.79. The average Bonchev–Trinajstić information content (AvgIpc) is 2.26. The summed E-state index contributed by atoms with van der Waals surface area (Å²) in [6, 6.07) is 10.1. The Morgan fingerprint density at radius 1 is 1.17 bits per heavy atom. The van der Waals surface area contributed by atoms with Gasteiger partial charge in [0.1, 0.15) is 5.78 Å². The van der Waals surface area contributed by atoms with E-state index in [1.807, 2.05) is 30.5 Å². The van der Waals surface area contributed by atoms with E-state index >= 15 is 0 Å². The fourth-order valence-corrected chi connectivity index (χ4v) is 2.08. The Kier molecular flexibility index (Phi) is 3.46. The molecule has 94 valence electrons. The second-order valence-electron chi connectivity index (χ2n) is 5.98. The molecule has 0 saturated heterocycles. The molecule has 0 spiro atoms. The van der Waals surface area contributed by atoms with E-state index in [1.54, 1.807) is 0 Å². The first kappa shape index (κ1) is 12.7. The van der Waals surface area contributed by atoms with Crippen LogP contribution in [0.2, 0.25) is 0 Å². The number of ketones is 1. The minimum Gasteiger partial charge on any atom is -0.299 e. The molecule has 0 unspecified atom stereocenters. The lowest BCUT2D eigenvalue weighted by molar-refractivity contribution is -0.120. The standard InChI is InChI=1S/C16H19NO/c1-16(2,3)10-15(18)9-14-8-12-6-4-5-7-13(12)11-17-14/h4-8,11H,9-10H2,1-3H3. The molecule has 1 heterocycles. The second kappa shape index (κ2) is 4.89. The number of carbonyl (C=O) groups excluding carboxylic acids is 1. The van der Waals surface area contributed by atoms with Crippen LogP contribution < -0.4 is 0 Å². The van der Waals surface area contributed by atoms with Gasteiger partial charge in [0.15, 0.2) is 0 Å². The first-order chi connectivity index (χ1) is 8.44. The van der Waals surface area contributed by atoms with Crippen molar-refractivity contribution < 1.29 is 4.79 Å². The van der Waals surface area contributed by atoms with E-state index in [-0.39, 0.29) is 11.2 Å². The van der Waals surface area contributed by atoms with E-state index in [4.69, 9.17) is 0 Å². The summed E-state index contributed by atoms with van der Waals surface area (Å²) < 4.78 is 0. The second-order valence-corrected chi connectivity index (χ2v) is 5.98. The summed E-state index contributed by atoms with van der Waals surface area (Å²) in [5, 5.41) is 2.26. The van der Waals surface area contributed by atoms with Crippen LogP contribution in [-0.2, 0) is 11.2 Å². The predicted octanol–water partition coefficient (Wildman–Crippen LogP) is 3.78. The minimum absolute atomic E-state index is 0.0495. The maximum Gasteiger partial charge on any atom is 0.139 e. The molecule has 0 fully saturated rings. The summed E-state index contributed by atoms with van der Waals surface area (Å²) >= 11 is 0. The number of carbonyl (C=O) groups is 1. The SMILES string of the molecule is CC(C)(C)CC(=O)Cc1cc2ccccc2cn1. The first-order valence-electron chi connectivity index (χ1n) is 6.29. The van der Waals surface area contributed by atoms with Crippen LogP contribution in [0.1, 0.15) is 32.9 Å². The number of hydrogen-bond donors (Lipinski definition) is 0. The summed E-state index contributed by atoms with van der Waals surface area (Å²) in [7, 11) is 0. The molecule has 0 radical (unpaired) electrons. The molecule has 2 heteroatoms. The smallest absolute Gasteiger partial charge is 0.139 e. The van der Waals surface area contributed by atoms with E-state index in [2.05, 4.69) is 31.8 Å². The zero-order chi connectivity index (χ0) is 13.2. The van der Waals surface area contributed by atoms with Crippen molar-refractivity contribution in [3.8, 4) is 0 Å². The Hall–Kier alpha value is -1.70. The van der Waals surface area contributed by atoms with Gasteiger partial charge in [-0.25, -0.2) is 0 Å². The predicted molar refractivity (Wildman–Crippen MR) is 74.5 cm³/mol. The summed E-state index contributed by atoms with van der Waals surface area (Å²) in [6.07, 6.45) is 2.87. The normalized spacial score (nSPS) is 11.7. The van der Waals surface area contributed by atoms with E-state index in [0.717, 1.165) is 16.5 Å². The zero-order valence-corrected chi connectivity index (χ0v) is 11.2. The Labute approximate surface area is 108 Å². The lowest BCUT2D eigenvalue weighted by Crippen LogP contribution is -2.15. The van der Waals surface area contributed by atoms with Crippen LogP contribution >= 0.6 is 0 Å². The molecule has 18 heavy (non-hydrogen) atoms. The van der Waals surface area contributed by atoms with Gasteiger partial charge in [-0.3, -0.25) is 9.78 Å². The Morgan fingerprint density at radius 3 is 2.50 bits per heavy atom. The Balaban J connectivity index is 2.15. The minimum atomic E-state index is 0.0495. The van der Waals surface area contributed by atoms with Crippen LogP contribution in [-0.4, -0.2) is 10.8 Å². The van der Waals surface area contributed by atoms with E-state index in [0.29, 0.717) is 12.8 Å². The van der Waals surface area contributed by atoms with Gasteiger partial charge in [0.05, 0.1) is 0 Å². The van der Waals surface area contributed by atoms with Crippen molar-refractivity contribution in [1.29, 1.82) is 0 Å². The third kappa shape index (κ3) is 3.39. The van der Waals surface area contributed by atoms with E-state index < -0.39 is 0 Å². The van der Waals surface area contributed by atoms with Gasteiger partial charge >= 0.3 is 0 Å². The van der Waals surface area contributed by atoms with Crippen molar-refractivity contribution >= 4 is 16.6 Å². The van der Waals surface area contributed by atoms with Gasteiger partial charge in [0.2, 0.25) is 0 Å². The molecule has 1 aromatic carbocycles.